The maximum atomic E-state index is 13.3. The first kappa shape index (κ1) is 10.1. The maximum Gasteiger partial charge on any atom is 0.199 e. The van der Waals surface area contributed by atoms with Crippen LogP contribution in [-0.4, -0.2) is 5.71 Å². The molecule has 0 N–H and O–H groups in total. The second kappa shape index (κ2) is 3.05. The van der Waals surface area contributed by atoms with Crippen molar-refractivity contribution in [2.45, 2.75) is 19.8 Å². The van der Waals surface area contributed by atoms with Crippen molar-refractivity contribution in [3.8, 4) is 0 Å². The Morgan fingerprint density at radius 1 is 0.933 bits per heavy atom. The number of nitrogens with zero attached hydrogens (tertiary/aromatic N) is 1. The highest BCUT2D eigenvalue weighted by atomic mass is 19.2. The number of fused-ring (bicyclic) bond motifs is 1. The number of benzene rings is 1. The normalized spacial score (nSPS) is 19.1. The van der Waals surface area contributed by atoms with Gasteiger partial charge in [0.05, 0.1) is 0 Å². The lowest BCUT2D eigenvalue weighted by Crippen LogP contribution is -2.05. The van der Waals surface area contributed by atoms with Crippen LogP contribution in [0.15, 0.2) is 4.99 Å². The molecule has 1 aromatic carbocycles. The fourth-order valence-corrected chi connectivity index (χ4v) is 1.62. The van der Waals surface area contributed by atoms with Gasteiger partial charge in [0.2, 0.25) is 0 Å². The van der Waals surface area contributed by atoms with Crippen LogP contribution in [0.25, 0.3) is 0 Å². The number of hydrogen-bond acceptors (Lipinski definition) is 1. The van der Waals surface area contributed by atoms with Crippen LogP contribution in [0.4, 0.5) is 23.2 Å². The molecule has 1 unspecified atom stereocenters. The molecule has 1 nitrogen and oxygen atoms in total. The highest BCUT2D eigenvalue weighted by Crippen LogP contribution is 2.41. The van der Waals surface area contributed by atoms with Gasteiger partial charge in [-0.1, -0.05) is 6.92 Å². The van der Waals surface area contributed by atoms with Gasteiger partial charge in [-0.2, -0.15) is 0 Å². The number of rotatable bonds is 0. The average molecular weight is 217 g/mol. The molecular formula is C10H7F4N. The van der Waals surface area contributed by atoms with Crippen molar-refractivity contribution in [3.05, 3.63) is 28.8 Å². The first-order chi connectivity index (χ1) is 6.95. The van der Waals surface area contributed by atoms with Crippen LogP contribution in [0.2, 0.25) is 0 Å². The van der Waals surface area contributed by atoms with Crippen molar-refractivity contribution < 1.29 is 17.6 Å². The van der Waals surface area contributed by atoms with E-state index >= 15 is 0 Å². The Bertz CT molecular complexity index is 479. The molecule has 0 amide bonds. The summed E-state index contributed by atoms with van der Waals surface area (Å²) in [6, 6.07) is 0. The summed E-state index contributed by atoms with van der Waals surface area (Å²) in [5.74, 6) is -6.88. The number of halogens is 4. The molecule has 1 aromatic rings. The lowest BCUT2D eigenvalue weighted by Gasteiger charge is -2.08. The lowest BCUT2D eigenvalue weighted by atomic mass is 9.97. The maximum absolute atomic E-state index is 13.3. The molecule has 15 heavy (non-hydrogen) atoms. The summed E-state index contributed by atoms with van der Waals surface area (Å²) in [7, 11) is 0. The van der Waals surface area contributed by atoms with Gasteiger partial charge in [0, 0.05) is 17.2 Å². The highest BCUT2D eigenvalue weighted by molar-refractivity contribution is 5.96. The summed E-state index contributed by atoms with van der Waals surface area (Å²) >= 11 is 0. The minimum Gasteiger partial charge on any atom is -0.254 e. The summed E-state index contributed by atoms with van der Waals surface area (Å²) in [5, 5.41) is 0. The molecule has 2 rings (SSSR count). The largest absolute Gasteiger partial charge is 0.254 e. The fraction of sp³-hybridized carbons (Fsp3) is 0.300. The fourth-order valence-electron chi connectivity index (χ4n) is 1.62. The zero-order valence-electron chi connectivity index (χ0n) is 8.04. The molecule has 1 aliphatic heterocycles. The van der Waals surface area contributed by atoms with Gasteiger partial charge in [0.15, 0.2) is 23.3 Å². The quantitative estimate of drug-likeness (QED) is 0.358. The zero-order chi connectivity index (χ0) is 11.3. The first-order valence-corrected chi connectivity index (χ1v) is 4.36. The van der Waals surface area contributed by atoms with Gasteiger partial charge in [-0.05, 0) is 6.92 Å². The molecule has 0 saturated carbocycles. The third-order valence-corrected chi connectivity index (χ3v) is 2.63. The van der Waals surface area contributed by atoms with E-state index in [2.05, 4.69) is 4.99 Å². The summed E-state index contributed by atoms with van der Waals surface area (Å²) in [6.07, 6.45) is 0. The predicted molar refractivity (Wildman–Crippen MR) is 47.5 cm³/mol. The van der Waals surface area contributed by atoms with E-state index in [1.54, 1.807) is 13.8 Å². The van der Waals surface area contributed by atoms with Crippen molar-refractivity contribution in [2.75, 3.05) is 0 Å². The number of hydrogen-bond donors (Lipinski definition) is 0. The van der Waals surface area contributed by atoms with Gasteiger partial charge in [0.25, 0.3) is 0 Å². The second-order valence-corrected chi connectivity index (χ2v) is 3.49. The smallest absolute Gasteiger partial charge is 0.199 e. The zero-order valence-corrected chi connectivity index (χ0v) is 8.04. The van der Waals surface area contributed by atoms with Gasteiger partial charge in [-0.15, -0.1) is 0 Å². The van der Waals surface area contributed by atoms with Crippen LogP contribution >= 0.6 is 0 Å². The van der Waals surface area contributed by atoms with Gasteiger partial charge in [-0.25, -0.2) is 17.6 Å². The SMILES string of the molecule is CC1=Nc2c(F)c(F)c(F)c(F)c2C1C. The van der Waals surface area contributed by atoms with Crippen molar-refractivity contribution in [3.63, 3.8) is 0 Å². The summed E-state index contributed by atoms with van der Waals surface area (Å²) in [5.41, 5.74) is -0.187. The minimum atomic E-state index is -1.81. The molecule has 0 aromatic heterocycles. The second-order valence-electron chi connectivity index (χ2n) is 3.49. The van der Waals surface area contributed by atoms with Crippen LogP contribution in [0, 0.1) is 23.3 Å². The molecule has 1 heterocycles. The Balaban J connectivity index is 2.82. The highest BCUT2D eigenvalue weighted by Gasteiger charge is 2.32. The van der Waals surface area contributed by atoms with E-state index in [1.165, 1.54) is 0 Å². The molecule has 0 aliphatic carbocycles. The first-order valence-electron chi connectivity index (χ1n) is 4.36. The Kier molecular flexibility index (Phi) is 2.06. The van der Waals surface area contributed by atoms with E-state index in [1.807, 2.05) is 0 Å². The van der Waals surface area contributed by atoms with Gasteiger partial charge in [-0.3, -0.25) is 4.99 Å². The lowest BCUT2D eigenvalue weighted by molar-refractivity contribution is 0.406. The monoisotopic (exact) mass is 217 g/mol. The van der Waals surface area contributed by atoms with Gasteiger partial charge < -0.3 is 0 Å². The molecule has 5 heteroatoms. The predicted octanol–water partition coefficient (Wildman–Crippen LogP) is 3.45. The molecule has 0 fully saturated rings. The minimum absolute atomic E-state index is 0.205. The van der Waals surface area contributed by atoms with Crippen molar-refractivity contribution in [1.29, 1.82) is 0 Å². The van der Waals surface area contributed by atoms with Crippen molar-refractivity contribution >= 4 is 11.4 Å². The Morgan fingerprint density at radius 2 is 1.47 bits per heavy atom. The Morgan fingerprint density at radius 3 is 2.07 bits per heavy atom. The van der Waals surface area contributed by atoms with Crippen LogP contribution in [-0.2, 0) is 0 Å². The van der Waals surface area contributed by atoms with Crippen LogP contribution in [0.3, 0.4) is 0 Å². The molecule has 0 spiro atoms. The number of aliphatic imine (C=N–C) groups is 1. The molecule has 0 saturated heterocycles. The summed E-state index contributed by atoms with van der Waals surface area (Å²) in [4.78, 5) is 3.69. The standard InChI is InChI=1S/C10H7F4N/c1-3-4(2)15-10-5(3)6(11)7(12)8(13)9(10)14/h3H,1-2H3. The van der Waals surface area contributed by atoms with E-state index in [4.69, 9.17) is 0 Å². The van der Waals surface area contributed by atoms with E-state index in [9.17, 15) is 17.6 Å². The summed E-state index contributed by atoms with van der Waals surface area (Å²) in [6.45, 7) is 3.11. The van der Waals surface area contributed by atoms with Crippen LogP contribution in [0.5, 0.6) is 0 Å². The molecule has 1 atom stereocenters. The van der Waals surface area contributed by atoms with E-state index < -0.39 is 34.9 Å². The van der Waals surface area contributed by atoms with E-state index in [-0.39, 0.29) is 5.56 Å². The van der Waals surface area contributed by atoms with E-state index in [0.29, 0.717) is 5.71 Å². The molecule has 0 bridgehead atoms. The van der Waals surface area contributed by atoms with E-state index in [0.717, 1.165) is 0 Å². The van der Waals surface area contributed by atoms with Gasteiger partial charge in [0.1, 0.15) is 5.69 Å². The third kappa shape index (κ3) is 1.19. The molecule has 1 aliphatic rings. The molecule has 80 valence electrons. The molecule has 0 radical (unpaired) electrons. The third-order valence-electron chi connectivity index (χ3n) is 2.63. The van der Waals surface area contributed by atoms with Crippen molar-refractivity contribution in [1.82, 2.24) is 0 Å². The summed E-state index contributed by atoms with van der Waals surface area (Å²) < 4.78 is 52.3. The van der Waals surface area contributed by atoms with Crippen LogP contribution in [0.1, 0.15) is 25.3 Å². The average Bonchev–Trinajstić information content (AvgIpc) is 2.50. The van der Waals surface area contributed by atoms with Gasteiger partial charge >= 0.3 is 0 Å². The Hall–Kier alpha value is -1.39. The van der Waals surface area contributed by atoms with Crippen LogP contribution < -0.4 is 0 Å². The topological polar surface area (TPSA) is 12.4 Å². The Labute approximate surface area is 83.4 Å². The van der Waals surface area contributed by atoms with Crippen molar-refractivity contribution in [2.24, 2.45) is 4.99 Å². The molecular weight excluding hydrogens is 210 g/mol.